The first-order chi connectivity index (χ1) is 17.8. The van der Waals surface area contributed by atoms with Gasteiger partial charge in [-0.1, -0.05) is 89.1 Å². The molecule has 0 saturated carbocycles. The molecule has 0 aliphatic rings. The molecule has 0 aliphatic carbocycles. The molecule has 1 amide bonds. The van der Waals surface area contributed by atoms with Crippen LogP contribution in [0.1, 0.15) is 98.3 Å². The van der Waals surface area contributed by atoms with E-state index in [1.165, 1.54) is 25.7 Å². The lowest BCUT2D eigenvalue weighted by molar-refractivity contribution is -0.121. The molecule has 0 saturated heterocycles. The van der Waals surface area contributed by atoms with Crippen LogP contribution in [0, 0.1) is 0 Å². The van der Waals surface area contributed by atoms with Gasteiger partial charge in [0.1, 0.15) is 0 Å². The predicted molar refractivity (Wildman–Crippen MR) is 156 cm³/mol. The Morgan fingerprint density at radius 2 is 1.06 bits per heavy atom. The van der Waals surface area contributed by atoms with Crippen molar-refractivity contribution in [2.75, 3.05) is 46.2 Å². The molecule has 0 spiro atoms. The van der Waals surface area contributed by atoms with Crippen LogP contribution in [0.15, 0.2) is 48.6 Å². The lowest BCUT2D eigenvalue weighted by Crippen LogP contribution is -2.27. The molecule has 5 heteroatoms. The summed E-state index contributed by atoms with van der Waals surface area (Å²) in [7, 11) is 0. The van der Waals surface area contributed by atoms with E-state index in [-0.39, 0.29) is 5.91 Å². The molecule has 5 nitrogen and oxygen atoms in total. The van der Waals surface area contributed by atoms with Crippen molar-refractivity contribution in [3.05, 3.63) is 48.6 Å². The maximum atomic E-state index is 11.8. The van der Waals surface area contributed by atoms with Crippen LogP contribution in [0.5, 0.6) is 0 Å². The Kier molecular flexibility index (Phi) is 35.9. The van der Waals surface area contributed by atoms with E-state index in [1.54, 1.807) is 0 Å². The summed E-state index contributed by atoms with van der Waals surface area (Å²) in [4.78, 5) is 11.8. The summed E-state index contributed by atoms with van der Waals surface area (Å²) in [6.07, 6.45) is 29.2. The van der Waals surface area contributed by atoms with E-state index >= 15 is 0 Å². The third kappa shape index (κ3) is 34.5. The molecule has 36 heavy (non-hydrogen) atoms. The first-order valence-corrected chi connectivity index (χ1v) is 14.4. The van der Waals surface area contributed by atoms with Crippen molar-refractivity contribution >= 4 is 5.91 Å². The van der Waals surface area contributed by atoms with Gasteiger partial charge in [0.15, 0.2) is 0 Å². The molecule has 0 rings (SSSR count). The molecule has 0 fully saturated rings. The van der Waals surface area contributed by atoms with Gasteiger partial charge in [-0.25, -0.2) is 0 Å². The first kappa shape index (κ1) is 36.5. The van der Waals surface area contributed by atoms with Crippen molar-refractivity contribution in [1.29, 1.82) is 0 Å². The van der Waals surface area contributed by atoms with Crippen molar-refractivity contribution < 1.29 is 19.0 Å². The van der Waals surface area contributed by atoms with Crippen LogP contribution in [0.4, 0.5) is 0 Å². The van der Waals surface area contributed by atoms with Crippen LogP contribution in [0.25, 0.3) is 0 Å². The molecule has 0 heterocycles. The molecule has 0 radical (unpaired) electrons. The van der Waals surface area contributed by atoms with E-state index < -0.39 is 0 Å². The van der Waals surface area contributed by atoms with Crippen molar-refractivity contribution in [3.63, 3.8) is 0 Å². The molecule has 0 aromatic carbocycles. The molecule has 0 aliphatic heterocycles. The highest BCUT2D eigenvalue weighted by Gasteiger charge is 1.99. The highest BCUT2D eigenvalue weighted by molar-refractivity contribution is 5.75. The van der Waals surface area contributed by atoms with Gasteiger partial charge in [-0.05, 0) is 51.4 Å². The Hall–Kier alpha value is -1.69. The van der Waals surface area contributed by atoms with Crippen molar-refractivity contribution in [2.45, 2.75) is 98.3 Å². The SMILES string of the molecule is CC.CCCCC/C=C\C/C=C\C/C=C\C/C=C\CCCC(=O)NCCOCCOCCOCCC. The van der Waals surface area contributed by atoms with Gasteiger partial charge in [0.05, 0.1) is 33.0 Å². The number of rotatable bonds is 25. The highest BCUT2D eigenvalue weighted by atomic mass is 16.5. The average Bonchev–Trinajstić information content (AvgIpc) is 2.90. The van der Waals surface area contributed by atoms with Gasteiger partial charge in [0.25, 0.3) is 0 Å². The van der Waals surface area contributed by atoms with Crippen LogP contribution in [0.2, 0.25) is 0 Å². The van der Waals surface area contributed by atoms with Crippen molar-refractivity contribution in [1.82, 2.24) is 5.32 Å². The zero-order valence-electron chi connectivity index (χ0n) is 24.0. The molecule has 0 atom stereocenters. The number of nitrogens with one attached hydrogen (secondary N) is 1. The minimum atomic E-state index is 0.0869. The Morgan fingerprint density at radius 3 is 1.58 bits per heavy atom. The topological polar surface area (TPSA) is 56.8 Å². The zero-order valence-corrected chi connectivity index (χ0v) is 24.0. The van der Waals surface area contributed by atoms with E-state index in [0.717, 1.165) is 45.1 Å². The molecule has 210 valence electrons. The van der Waals surface area contributed by atoms with E-state index in [9.17, 15) is 4.79 Å². The number of ether oxygens (including phenoxy) is 3. The van der Waals surface area contributed by atoms with Gasteiger partial charge in [0.2, 0.25) is 5.91 Å². The second-order valence-electron chi connectivity index (χ2n) is 8.17. The standard InChI is InChI=1S/C29H51NO4.C2H6/c1-3-5-6-7-8-9-10-11-12-13-14-15-16-17-18-19-20-21-29(31)30-22-24-33-26-28-34-27-25-32-23-4-2;1-2/h8-9,11-12,14-15,17-18H,3-7,10,13,16,19-28H2,1-2H3,(H,30,31);1-2H3/b9-8-,12-11-,15-14-,18-17-;. The quantitative estimate of drug-likeness (QED) is 0.101. The minimum absolute atomic E-state index is 0.0869. The van der Waals surface area contributed by atoms with Gasteiger partial charge in [-0.15, -0.1) is 0 Å². The number of hydrogen-bond donors (Lipinski definition) is 1. The third-order valence-corrected chi connectivity index (χ3v) is 4.89. The molecular formula is C31H57NO4. The maximum absolute atomic E-state index is 11.8. The Labute approximate surface area is 223 Å². The van der Waals surface area contributed by atoms with Gasteiger partial charge < -0.3 is 19.5 Å². The Balaban J connectivity index is 0. The van der Waals surface area contributed by atoms with E-state index in [0.29, 0.717) is 46.0 Å². The summed E-state index contributed by atoms with van der Waals surface area (Å²) in [5.74, 6) is 0.0869. The largest absolute Gasteiger partial charge is 0.379 e. The normalized spacial score (nSPS) is 11.7. The molecular weight excluding hydrogens is 450 g/mol. The summed E-state index contributed by atoms with van der Waals surface area (Å²) in [5.41, 5.74) is 0. The second-order valence-corrected chi connectivity index (χ2v) is 8.17. The van der Waals surface area contributed by atoms with Crippen LogP contribution in [0.3, 0.4) is 0 Å². The maximum Gasteiger partial charge on any atom is 0.220 e. The molecule has 0 unspecified atom stereocenters. The summed E-state index contributed by atoms with van der Waals surface area (Å²) in [6, 6.07) is 0. The van der Waals surface area contributed by atoms with Crippen LogP contribution in [-0.4, -0.2) is 52.1 Å². The highest BCUT2D eigenvalue weighted by Crippen LogP contribution is 2.01. The Morgan fingerprint density at radius 1 is 0.583 bits per heavy atom. The van der Waals surface area contributed by atoms with E-state index in [2.05, 4.69) is 67.8 Å². The molecule has 0 aromatic heterocycles. The lowest BCUT2D eigenvalue weighted by Gasteiger charge is -2.07. The van der Waals surface area contributed by atoms with Crippen molar-refractivity contribution in [2.24, 2.45) is 0 Å². The molecule has 0 aromatic rings. The van der Waals surface area contributed by atoms with Gasteiger partial charge >= 0.3 is 0 Å². The number of hydrogen-bond acceptors (Lipinski definition) is 4. The summed E-state index contributed by atoms with van der Waals surface area (Å²) in [6.45, 7) is 12.5. The van der Waals surface area contributed by atoms with Gasteiger partial charge in [0, 0.05) is 19.6 Å². The van der Waals surface area contributed by atoms with E-state index in [4.69, 9.17) is 14.2 Å². The molecule has 0 bridgehead atoms. The third-order valence-electron chi connectivity index (χ3n) is 4.89. The fourth-order valence-corrected chi connectivity index (χ4v) is 2.98. The fraction of sp³-hybridized carbons (Fsp3) is 0.710. The monoisotopic (exact) mass is 507 g/mol. The summed E-state index contributed by atoms with van der Waals surface area (Å²) >= 11 is 0. The fourth-order valence-electron chi connectivity index (χ4n) is 2.98. The average molecular weight is 508 g/mol. The number of allylic oxidation sites excluding steroid dienone is 8. The second kappa shape index (κ2) is 35.5. The van der Waals surface area contributed by atoms with Crippen LogP contribution < -0.4 is 5.32 Å². The first-order valence-electron chi connectivity index (χ1n) is 14.4. The van der Waals surface area contributed by atoms with Crippen LogP contribution in [-0.2, 0) is 19.0 Å². The smallest absolute Gasteiger partial charge is 0.220 e. The number of carbonyl (C=O) groups excluding carboxylic acids is 1. The van der Waals surface area contributed by atoms with Gasteiger partial charge in [-0.2, -0.15) is 0 Å². The minimum Gasteiger partial charge on any atom is -0.379 e. The van der Waals surface area contributed by atoms with Gasteiger partial charge in [-0.3, -0.25) is 4.79 Å². The number of unbranched alkanes of at least 4 members (excludes halogenated alkanes) is 4. The number of carbonyl (C=O) groups is 1. The molecule has 1 N–H and O–H groups in total. The van der Waals surface area contributed by atoms with E-state index in [1.807, 2.05) is 13.8 Å². The lowest BCUT2D eigenvalue weighted by atomic mass is 10.2. The number of amides is 1. The summed E-state index contributed by atoms with van der Waals surface area (Å²) in [5, 5.41) is 2.89. The predicted octanol–water partition coefficient (Wildman–Crippen LogP) is 7.73. The van der Waals surface area contributed by atoms with Crippen LogP contribution >= 0.6 is 0 Å². The summed E-state index contributed by atoms with van der Waals surface area (Å²) < 4.78 is 16.2. The van der Waals surface area contributed by atoms with Crippen molar-refractivity contribution in [3.8, 4) is 0 Å². The Bertz CT molecular complexity index is 541. The zero-order chi connectivity index (χ0) is 26.8.